The Labute approximate surface area is 187 Å². The lowest BCUT2D eigenvalue weighted by Gasteiger charge is -2.09. The number of anilines is 1. The number of aromatic nitrogens is 4. The van der Waals surface area contributed by atoms with Crippen LogP contribution in [0.2, 0.25) is 5.02 Å². The number of amides is 1. The van der Waals surface area contributed by atoms with Crippen molar-refractivity contribution in [3.05, 3.63) is 94.0 Å². The number of aryl methyl sites for hydroxylation is 1. The van der Waals surface area contributed by atoms with Crippen molar-refractivity contribution in [1.29, 1.82) is 0 Å². The molecule has 0 fully saturated rings. The molecule has 0 aliphatic carbocycles. The van der Waals surface area contributed by atoms with Gasteiger partial charge in [-0.3, -0.25) is 9.59 Å². The smallest absolute Gasteiger partial charge is 0.293 e. The van der Waals surface area contributed by atoms with Crippen LogP contribution in [0.1, 0.15) is 5.56 Å². The van der Waals surface area contributed by atoms with Crippen LogP contribution >= 0.6 is 11.6 Å². The molecular weight excluding hydrogens is 426 g/mol. The van der Waals surface area contributed by atoms with E-state index < -0.39 is 5.56 Å². The Kier molecular flexibility index (Phi) is 4.95. The molecule has 2 aromatic heterocycles. The molecule has 5 rings (SSSR count). The summed E-state index contributed by atoms with van der Waals surface area (Å²) in [4.78, 5) is 25.5. The fourth-order valence-electron chi connectivity index (χ4n) is 3.69. The number of halogens is 1. The predicted octanol–water partition coefficient (Wildman–Crippen LogP) is 4.31. The molecule has 0 bridgehead atoms. The third-order valence-corrected chi connectivity index (χ3v) is 5.56. The molecule has 7 nitrogen and oxygen atoms in total. The first-order valence-electron chi connectivity index (χ1n) is 9.99. The first-order valence-corrected chi connectivity index (χ1v) is 10.4. The van der Waals surface area contributed by atoms with Crippen molar-refractivity contribution >= 4 is 39.5 Å². The van der Waals surface area contributed by atoms with Gasteiger partial charge in [0.15, 0.2) is 0 Å². The lowest BCUT2D eigenvalue weighted by atomic mass is 10.0. The third kappa shape index (κ3) is 3.63. The quantitative estimate of drug-likeness (QED) is 0.448. The van der Waals surface area contributed by atoms with Crippen LogP contribution in [0.4, 0.5) is 5.69 Å². The van der Waals surface area contributed by atoms with Gasteiger partial charge in [-0.05, 0) is 41.5 Å². The van der Waals surface area contributed by atoms with Crippen molar-refractivity contribution in [3.63, 3.8) is 0 Å². The van der Waals surface area contributed by atoms with Crippen molar-refractivity contribution in [1.82, 2.24) is 19.4 Å². The monoisotopic (exact) mass is 443 g/mol. The van der Waals surface area contributed by atoms with Crippen molar-refractivity contribution in [2.45, 2.75) is 13.5 Å². The minimum Gasteiger partial charge on any atom is -0.324 e. The Morgan fingerprint density at radius 2 is 1.88 bits per heavy atom. The molecule has 3 aromatic carbocycles. The molecule has 0 aliphatic rings. The lowest BCUT2D eigenvalue weighted by molar-refractivity contribution is -0.117. The molecular formula is C24H18ClN5O2. The molecule has 1 amide bonds. The van der Waals surface area contributed by atoms with E-state index in [0.29, 0.717) is 21.9 Å². The van der Waals surface area contributed by atoms with E-state index in [1.54, 1.807) is 18.2 Å². The number of carbonyl (C=O) groups is 1. The van der Waals surface area contributed by atoms with Gasteiger partial charge >= 0.3 is 0 Å². The Morgan fingerprint density at radius 3 is 2.75 bits per heavy atom. The number of fused-ring (bicyclic) bond motifs is 2. The standard InChI is InChI=1S/C24H18ClN5O2/c1-15-9-10-17(25)11-20(15)27-23(31)13-29-24(32)22-12-21(28-30(22)14-26-29)19-8-4-6-16-5-2-3-7-18(16)19/h2-12,14H,13H2,1H3,(H,27,31). The molecule has 0 atom stereocenters. The molecule has 32 heavy (non-hydrogen) atoms. The summed E-state index contributed by atoms with van der Waals surface area (Å²) in [6.07, 6.45) is 1.43. The van der Waals surface area contributed by atoms with Gasteiger partial charge in [0.2, 0.25) is 5.91 Å². The summed E-state index contributed by atoms with van der Waals surface area (Å²) in [6.45, 7) is 1.64. The van der Waals surface area contributed by atoms with Gasteiger partial charge in [0.1, 0.15) is 18.4 Å². The van der Waals surface area contributed by atoms with Crippen LogP contribution in [-0.4, -0.2) is 25.3 Å². The molecule has 1 N–H and O–H groups in total. The molecule has 0 spiro atoms. The Bertz CT molecular complexity index is 1550. The summed E-state index contributed by atoms with van der Waals surface area (Å²) < 4.78 is 2.56. The number of nitrogens with zero attached hydrogens (tertiary/aromatic N) is 4. The average Bonchev–Trinajstić information content (AvgIpc) is 3.23. The van der Waals surface area contributed by atoms with E-state index in [-0.39, 0.29) is 12.5 Å². The van der Waals surface area contributed by atoms with E-state index in [1.165, 1.54) is 10.8 Å². The summed E-state index contributed by atoms with van der Waals surface area (Å²) in [5.41, 5.74) is 3.00. The van der Waals surface area contributed by atoms with E-state index in [4.69, 9.17) is 11.6 Å². The van der Waals surface area contributed by atoms with Gasteiger partial charge in [0, 0.05) is 16.3 Å². The zero-order chi connectivity index (χ0) is 22.2. The minimum atomic E-state index is -0.399. The average molecular weight is 444 g/mol. The summed E-state index contributed by atoms with van der Waals surface area (Å²) in [5.74, 6) is -0.372. The molecule has 0 unspecified atom stereocenters. The molecule has 2 heterocycles. The SMILES string of the molecule is Cc1ccc(Cl)cc1NC(=O)Cn1ncn2nc(-c3cccc4ccccc34)cc2c1=O. The number of carbonyl (C=O) groups excluding carboxylic acids is 1. The Morgan fingerprint density at radius 1 is 1.06 bits per heavy atom. The summed E-state index contributed by atoms with van der Waals surface area (Å²) in [5, 5.41) is 14.1. The van der Waals surface area contributed by atoms with Gasteiger partial charge in [0.25, 0.3) is 5.56 Å². The minimum absolute atomic E-state index is 0.226. The van der Waals surface area contributed by atoms with Gasteiger partial charge in [-0.2, -0.15) is 10.2 Å². The first-order chi connectivity index (χ1) is 15.5. The molecule has 158 valence electrons. The number of rotatable bonds is 4. The molecule has 0 aliphatic heterocycles. The van der Waals surface area contributed by atoms with Gasteiger partial charge in [-0.25, -0.2) is 9.20 Å². The number of hydrogen-bond acceptors (Lipinski definition) is 4. The molecule has 5 aromatic rings. The topological polar surface area (TPSA) is 81.3 Å². The highest BCUT2D eigenvalue weighted by Crippen LogP contribution is 2.27. The number of nitrogens with one attached hydrogen (secondary N) is 1. The largest absolute Gasteiger partial charge is 0.324 e. The maximum atomic E-state index is 13.0. The highest BCUT2D eigenvalue weighted by Gasteiger charge is 2.14. The van der Waals surface area contributed by atoms with Gasteiger partial charge in [-0.1, -0.05) is 60.1 Å². The van der Waals surface area contributed by atoms with Crippen molar-refractivity contribution in [2.75, 3.05) is 5.32 Å². The van der Waals surface area contributed by atoms with Crippen LogP contribution in [0.25, 0.3) is 27.5 Å². The summed E-state index contributed by atoms with van der Waals surface area (Å²) in [6, 6.07) is 20.9. The maximum absolute atomic E-state index is 13.0. The summed E-state index contributed by atoms with van der Waals surface area (Å²) >= 11 is 6.01. The zero-order valence-corrected chi connectivity index (χ0v) is 17.9. The van der Waals surface area contributed by atoms with Crippen LogP contribution in [0.5, 0.6) is 0 Å². The Hall–Kier alpha value is -3.97. The molecule has 0 radical (unpaired) electrons. The highest BCUT2D eigenvalue weighted by molar-refractivity contribution is 6.31. The maximum Gasteiger partial charge on any atom is 0.293 e. The van der Waals surface area contributed by atoms with Gasteiger partial charge in [-0.15, -0.1) is 0 Å². The fourth-order valence-corrected chi connectivity index (χ4v) is 3.86. The van der Waals surface area contributed by atoms with Gasteiger partial charge in [0.05, 0.1) is 5.69 Å². The van der Waals surface area contributed by atoms with E-state index in [1.807, 2.05) is 55.5 Å². The van der Waals surface area contributed by atoms with Crippen LogP contribution in [0.15, 0.2) is 77.9 Å². The fraction of sp³-hybridized carbons (Fsp3) is 0.0833. The second-order valence-electron chi connectivity index (χ2n) is 7.49. The van der Waals surface area contributed by atoms with Crippen molar-refractivity contribution < 1.29 is 4.79 Å². The van der Waals surface area contributed by atoms with Crippen LogP contribution in [0.3, 0.4) is 0 Å². The zero-order valence-electron chi connectivity index (χ0n) is 17.1. The number of hydrogen-bond donors (Lipinski definition) is 1. The van der Waals surface area contributed by atoms with Crippen molar-refractivity contribution in [2.24, 2.45) is 0 Å². The molecule has 0 saturated heterocycles. The summed E-state index contributed by atoms with van der Waals surface area (Å²) in [7, 11) is 0. The van der Waals surface area contributed by atoms with Gasteiger partial charge < -0.3 is 5.32 Å². The normalized spacial score (nSPS) is 11.2. The Balaban J connectivity index is 1.47. The molecule has 0 saturated carbocycles. The lowest BCUT2D eigenvalue weighted by Crippen LogP contribution is -2.30. The second-order valence-corrected chi connectivity index (χ2v) is 7.92. The van der Waals surface area contributed by atoms with E-state index >= 15 is 0 Å². The number of benzene rings is 3. The first kappa shape index (κ1) is 20.0. The second kappa shape index (κ2) is 7.94. The predicted molar refractivity (Wildman–Crippen MR) is 125 cm³/mol. The third-order valence-electron chi connectivity index (χ3n) is 5.32. The van der Waals surface area contributed by atoms with E-state index in [9.17, 15) is 9.59 Å². The van der Waals surface area contributed by atoms with E-state index in [2.05, 4.69) is 15.5 Å². The van der Waals surface area contributed by atoms with Crippen molar-refractivity contribution in [3.8, 4) is 11.3 Å². The van der Waals surface area contributed by atoms with E-state index in [0.717, 1.165) is 26.6 Å². The van der Waals surface area contributed by atoms with Crippen LogP contribution < -0.4 is 10.9 Å². The molecule has 8 heteroatoms. The highest BCUT2D eigenvalue weighted by atomic mass is 35.5. The van der Waals surface area contributed by atoms with Crippen LogP contribution in [0, 0.1) is 6.92 Å². The van der Waals surface area contributed by atoms with Crippen LogP contribution in [-0.2, 0) is 11.3 Å².